The van der Waals surface area contributed by atoms with Crippen LogP contribution in [-0.2, 0) is 11.2 Å². The Morgan fingerprint density at radius 1 is 1.22 bits per heavy atom. The van der Waals surface area contributed by atoms with E-state index < -0.39 is 0 Å². The van der Waals surface area contributed by atoms with Crippen LogP contribution in [0.15, 0.2) is 53.0 Å². The summed E-state index contributed by atoms with van der Waals surface area (Å²) in [5, 5.41) is 2.82. The van der Waals surface area contributed by atoms with Crippen molar-refractivity contribution in [2.75, 3.05) is 13.2 Å². The molecule has 118 valence electrons. The van der Waals surface area contributed by atoms with Gasteiger partial charge in [-0.05, 0) is 30.3 Å². The standard InChI is InChI=1S/C17H16BrN3O2/c18-12-4-3-5-13(10-12)23-11-17(22)19-9-8-16-20-14-6-1-2-7-15(14)21-16/h1-7,10H,8-9,11H2,(H,19,22)(H,20,21). The number of aromatic nitrogens is 2. The van der Waals surface area contributed by atoms with E-state index in [9.17, 15) is 4.79 Å². The van der Waals surface area contributed by atoms with Crippen molar-refractivity contribution in [3.05, 3.63) is 58.8 Å². The van der Waals surface area contributed by atoms with Gasteiger partial charge in [0.2, 0.25) is 0 Å². The third kappa shape index (κ3) is 4.32. The number of halogens is 1. The normalized spacial score (nSPS) is 10.7. The second kappa shape index (κ2) is 7.28. The molecule has 1 heterocycles. The summed E-state index contributed by atoms with van der Waals surface area (Å²) in [7, 11) is 0. The van der Waals surface area contributed by atoms with E-state index in [4.69, 9.17) is 4.74 Å². The maximum absolute atomic E-state index is 11.8. The maximum Gasteiger partial charge on any atom is 0.257 e. The summed E-state index contributed by atoms with van der Waals surface area (Å²) in [6.07, 6.45) is 0.650. The van der Waals surface area contributed by atoms with E-state index in [1.807, 2.05) is 48.5 Å². The molecule has 2 N–H and O–H groups in total. The zero-order valence-electron chi connectivity index (χ0n) is 12.4. The number of carbonyl (C=O) groups excluding carboxylic acids is 1. The molecular formula is C17H16BrN3O2. The summed E-state index contributed by atoms with van der Waals surface area (Å²) >= 11 is 3.36. The second-order valence-corrected chi connectivity index (χ2v) is 5.96. The number of benzene rings is 2. The van der Waals surface area contributed by atoms with Gasteiger partial charge in [0.05, 0.1) is 11.0 Å². The van der Waals surface area contributed by atoms with Gasteiger partial charge < -0.3 is 15.0 Å². The van der Waals surface area contributed by atoms with Gasteiger partial charge in [-0.2, -0.15) is 0 Å². The number of carbonyl (C=O) groups is 1. The molecule has 0 aliphatic heterocycles. The monoisotopic (exact) mass is 373 g/mol. The third-order valence-corrected chi connectivity index (χ3v) is 3.78. The Kier molecular flexibility index (Phi) is 4.92. The summed E-state index contributed by atoms with van der Waals surface area (Å²) in [4.78, 5) is 19.5. The highest BCUT2D eigenvalue weighted by Crippen LogP contribution is 2.17. The second-order valence-electron chi connectivity index (χ2n) is 5.05. The molecule has 1 amide bonds. The number of hydrogen-bond acceptors (Lipinski definition) is 3. The molecule has 0 saturated carbocycles. The minimum absolute atomic E-state index is 0.00339. The number of rotatable bonds is 6. The molecule has 23 heavy (non-hydrogen) atoms. The minimum Gasteiger partial charge on any atom is -0.484 e. The van der Waals surface area contributed by atoms with Gasteiger partial charge in [0.15, 0.2) is 6.61 Å². The fourth-order valence-electron chi connectivity index (χ4n) is 2.20. The quantitative estimate of drug-likeness (QED) is 0.697. The Labute approximate surface area is 142 Å². The van der Waals surface area contributed by atoms with Gasteiger partial charge in [-0.3, -0.25) is 4.79 Å². The van der Waals surface area contributed by atoms with E-state index in [0.717, 1.165) is 21.3 Å². The summed E-state index contributed by atoms with van der Waals surface area (Å²) in [5.41, 5.74) is 1.94. The summed E-state index contributed by atoms with van der Waals surface area (Å²) in [6.45, 7) is 0.511. The predicted molar refractivity (Wildman–Crippen MR) is 92.4 cm³/mol. The average Bonchev–Trinajstić information content (AvgIpc) is 2.96. The lowest BCUT2D eigenvalue weighted by Crippen LogP contribution is -2.30. The van der Waals surface area contributed by atoms with Crippen LogP contribution in [0.1, 0.15) is 5.82 Å². The van der Waals surface area contributed by atoms with Crippen LogP contribution in [0.4, 0.5) is 0 Å². The topological polar surface area (TPSA) is 67.0 Å². The number of nitrogens with one attached hydrogen (secondary N) is 2. The van der Waals surface area contributed by atoms with Crippen LogP contribution in [0.25, 0.3) is 11.0 Å². The average molecular weight is 374 g/mol. The zero-order chi connectivity index (χ0) is 16.1. The molecule has 2 aromatic carbocycles. The molecule has 0 spiro atoms. The first kappa shape index (κ1) is 15.6. The number of ether oxygens (including phenoxy) is 1. The van der Waals surface area contributed by atoms with Crippen molar-refractivity contribution in [2.24, 2.45) is 0 Å². The molecule has 6 heteroatoms. The Morgan fingerprint density at radius 2 is 2.09 bits per heavy atom. The first-order chi connectivity index (χ1) is 11.2. The van der Waals surface area contributed by atoms with Crippen molar-refractivity contribution in [3.8, 4) is 5.75 Å². The van der Waals surface area contributed by atoms with Crippen LogP contribution < -0.4 is 10.1 Å². The van der Waals surface area contributed by atoms with Crippen LogP contribution in [0.3, 0.4) is 0 Å². The van der Waals surface area contributed by atoms with Crippen molar-refractivity contribution < 1.29 is 9.53 Å². The molecule has 0 atom stereocenters. The Hall–Kier alpha value is -2.34. The van der Waals surface area contributed by atoms with E-state index in [1.54, 1.807) is 0 Å². The van der Waals surface area contributed by atoms with Crippen LogP contribution in [0.5, 0.6) is 5.75 Å². The van der Waals surface area contributed by atoms with Crippen LogP contribution in [-0.4, -0.2) is 29.0 Å². The van der Waals surface area contributed by atoms with Gasteiger partial charge in [-0.1, -0.05) is 34.1 Å². The first-order valence-electron chi connectivity index (χ1n) is 7.29. The number of imidazole rings is 1. The van der Waals surface area contributed by atoms with E-state index in [2.05, 4.69) is 31.2 Å². The minimum atomic E-state index is -0.152. The number of fused-ring (bicyclic) bond motifs is 1. The molecule has 3 aromatic rings. The molecule has 0 aliphatic rings. The SMILES string of the molecule is O=C(COc1cccc(Br)c1)NCCc1nc2ccccc2[nH]1. The fraction of sp³-hybridized carbons (Fsp3) is 0.176. The van der Waals surface area contributed by atoms with Crippen molar-refractivity contribution >= 4 is 32.9 Å². The highest BCUT2D eigenvalue weighted by molar-refractivity contribution is 9.10. The molecule has 0 bridgehead atoms. The van der Waals surface area contributed by atoms with Crippen LogP contribution in [0, 0.1) is 0 Å². The lowest BCUT2D eigenvalue weighted by molar-refractivity contribution is -0.123. The highest BCUT2D eigenvalue weighted by Gasteiger charge is 2.05. The van der Waals surface area contributed by atoms with Crippen LogP contribution in [0.2, 0.25) is 0 Å². The molecule has 0 saturated heterocycles. The van der Waals surface area contributed by atoms with Crippen molar-refractivity contribution in [2.45, 2.75) is 6.42 Å². The van der Waals surface area contributed by atoms with Gasteiger partial charge in [-0.15, -0.1) is 0 Å². The molecule has 1 aromatic heterocycles. The van der Waals surface area contributed by atoms with Gasteiger partial charge in [0.1, 0.15) is 11.6 Å². The van der Waals surface area contributed by atoms with Gasteiger partial charge >= 0.3 is 0 Å². The van der Waals surface area contributed by atoms with Crippen molar-refractivity contribution in [1.82, 2.24) is 15.3 Å². The number of hydrogen-bond donors (Lipinski definition) is 2. The highest BCUT2D eigenvalue weighted by atomic mass is 79.9. The van der Waals surface area contributed by atoms with E-state index in [1.165, 1.54) is 0 Å². The first-order valence-corrected chi connectivity index (χ1v) is 8.09. The van der Waals surface area contributed by atoms with Gasteiger partial charge in [-0.25, -0.2) is 4.98 Å². The van der Waals surface area contributed by atoms with E-state index in [-0.39, 0.29) is 12.5 Å². The predicted octanol–water partition coefficient (Wildman–Crippen LogP) is 3.06. The Morgan fingerprint density at radius 3 is 2.91 bits per heavy atom. The molecular weight excluding hydrogens is 358 g/mol. The van der Waals surface area contributed by atoms with Gasteiger partial charge in [0.25, 0.3) is 5.91 Å². The molecule has 0 radical (unpaired) electrons. The third-order valence-electron chi connectivity index (χ3n) is 3.29. The molecule has 0 fully saturated rings. The zero-order valence-corrected chi connectivity index (χ0v) is 14.0. The lowest BCUT2D eigenvalue weighted by Gasteiger charge is -2.07. The molecule has 0 unspecified atom stereocenters. The number of aromatic amines is 1. The Balaban J connectivity index is 1.44. The summed E-state index contributed by atoms with van der Waals surface area (Å²) in [5.74, 6) is 1.37. The summed E-state index contributed by atoms with van der Waals surface area (Å²) < 4.78 is 6.35. The number of amides is 1. The van der Waals surface area contributed by atoms with E-state index in [0.29, 0.717) is 18.7 Å². The lowest BCUT2D eigenvalue weighted by atomic mass is 10.3. The Bertz CT molecular complexity index is 783. The number of para-hydroxylation sites is 2. The largest absolute Gasteiger partial charge is 0.484 e. The maximum atomic E-state index is 11.8. The van der Waals surface area contributed by atoms with Crippen molar-refractivity contribution in [3.63, 3.8) is 0 Å². The number of H-pyrrole nitrogens is 1. The number of nitrogens with zero attached hydrogens (tertiary/aromatic N) is 1. The van der Waals surface area contributed by atoms with Crippen LogP contribution >= 0.6 is 15.9 Å². The van der Waals surface area contributed by atoms with Gasteiger partial charge in [0, 0.05) is 17.4 Å². The van der Waals surface area contributed by atoms with Crippen molar-refractivity contribution in [1.29, 1.82) is 0 Å². The summed E-state index contributed by atoms with van der Waals surface area (Å²) in [6, 6.07) is 15.3. The fourth-order valence-corrected chi connectivity index (χ4v) is 2.58. The molecule has 5 nitrogen and oxygen atoms in total. The van der Waals surface area contributed by atoms with E-state index >= 15 is 0 Å². The molecule has 3 rings (SSSR count). The smallest absolute Gasteiger partial charge is 0.257 e. The molecule has 0 aliphatic carbocycles.